The summed E-state index contributed by atoms with van der Waals surface area (Å²) in [4.78, 5) is 18.7. The molecule has 0 bridgehead atoms. The van der Waals surface area contributed by atoms with Crippen LogP contribution in [-0.4, -0.2) is 21.6 Å². The van der Waals surface area contributed by atoms with Gasteiger partial charge in [0, 0.05) is 10.4 Å². The highest BCUT2D eigenvalue weighted by atomic mass is 32.1. The summed E-state index contributed by atoms with van der Waals surface area (Å²) in [6, 6.07) is 7.57. The topological polar surface area (TPSA) is 62.2 Å². The number of thiazole rings is 1. The number of amides is 1. The lowest BCUT2D eigenvalue weighted by Gasteiger charge is -2.16. The minimum absolute atomic E-state index is 0.0697. The quantitative estimate of drug-likeness (QED) is 0.798. The first kappa shape index (κ1) is 19.1. The molecule has 1 heterocycles. The number of carbonyl (C=O) groups is 1. The number of carbonyl (C=O) groups excluding carboxylic acids is 1. The molecule has 1 aliphatic carbocycles. The number of fused-ring (bicyclic) bond motifs is 1. The van der Waals surface area contributed by atoms with Crippen molar-refractivity contribution in [1.82, 2.24) is 10.3 Å². The van der Waals surface area contributed by atoms with Gasteiger partial charge in [0.2, 0.25) is 0 Å². The number of hydrogen-bond acceptors (Lipinski definition) is 4. The van der Waals surface area contributed by atoms with Gasteiger partial charge in [0.25, 0.3) is 5.91 Å². The van der Waals surface area contributed by atoms with E-state index in [9.17, 15) is 9.90 Å². The summed E-state index contributed by atoms with van der Waals surface area (Å²) in [7, 11) is 0. The van der Waals surface area contributed by atoms with Crippen molar-refractivity contribution in [1.29, 1.82) is 0 Å². The minimum atomic E-state index is -0.668. The third kappa shape index (κ3) is 4.92. The van der Waals surface area contributed by atoms with E-state index in [2.05, 4.69) is 5.32 Å². The van der Waals surface area contributed by atoms with E-state index in [0.717, 1.165) is 29.8 Å². The van der Waals surface area contributed by atoms with Crippen LogP contribution in [0.3, 0.4) is 0 Å². The smallest absolute Gasteiger partial charge is 0.251 e. The summed E-state index contributed by atoms with van der Waals surface area (Å²) < 4.78 is 0. The monoisotopic (exact) mass is 372 g/mol. The van der Waals surface area contributed by atoms with Gasteiger partial charge in [-0.3, -0.25) is 4.79 Å². The molecule has 0 saturated heterocycles. The average Bonchev–Trinajstić information content (AvgIpc) is 3.04. The standard InChI is InChI=1S/C21H28N2O2S/c1-14(20-23-17-6-4-5-7-18(17)26-20)22-19(24)16-10-8-15(9-11-16)12-13-21(2,3)25/h8-11,14,25H,4-7,12-13H2,1-3H3,(H,22,24)/t14-/m0/s1. The van der Waals surface area contributed by atoms with Crippen LogP contribution >= 0.6 is 11.3 Å². The van der Waals surface area contributed by atoms with Crippen molar-refractivity contribution in [3.63, 3.8) is 0 Å². The lowest BCUT2D eigenvalue weighted by molar-refractivity contribution is 0.0713. The molecule has 1 amide bonds. The van der Waals surface area contributed by atoms with Crippen LogP contribution < -0.4 is 5.32 Å². The van der Waals surface area contributed by atoms with E-state index in [0.29, 0.717) is 12.0 Å². The Balaban J connectivity index is 1.59. The van der Waals surface area contributed by atoms with Crippen molar-refractivity contribution in [2.45, 2.75) is 70.9 Å². The molecule has 1 aromatic heterocycles. The van der Waals surface area contributed by atoms with Crippen LogP contribution in [0.15, 0.2) is 24.3 Å². The highest BCUT2D eigenvalue weighted by Gasteiger charge is 2.20. The van der Waals surface area contributed by atoms with Crippen LogP contribution in [0.5, 0.6) is 0 Å². The SMILES string of the molecule is C[C@H](NC(=O)c1ccc(CCC(C)(C)O)cc1)c1nc2c(s1)CCCC2. The molecule has 140 valence electrons. The molecule has 4 nitrogen and oxygen atoms in total. The first-order chi connectivity index (χ1) is 12.3. The zero-order valence-corrected chi connectivity index (χ0v) is 16.7. The molecular formula is C21H28N2O2S. The number of aliphatic hydroxyl groups is 1. The second kappa shape index (κ2) is 7.89. The number of aryl methyl sites for hydroxylation is 3. The van der Waals surface area contributed by atoms with E-state index in [4.69, 9.17) is 4.98 Å². The van der Waals surface area contributed by atoms with Gasteiger partial charge in [-0.1, -0.05) is 12.1 Å². The maximum Gasteiger partial charge on any atom is 0.251 e. The van der Waals surface area contributed by atoms with Crippen molar-refractivity contribution >= 4 is 17.2 Å². The Labute approximate surface area is 159 Å². The third-order valence-electron chi connectivity index (χ3n) is 4.82. The number of benzene rings is 1. The molecule has 26 heavy (non-hydrogen) atoms. The Morgan fingerprint density at radius 2 is 1.96 bits per heavy atom. The molecule has 2 N–H and O–H groups in total. The summed E-state index contributed by atoms with van der Waals surface area (Å²) in [6.45, 7) is 5.62. The lowest BCUT2D eigenvalue weighted by atomic mass is 9.98. The summed E-state index contributed by atoms with van der Waals surface area (Å²) in [6.07, 6.45) is 6.15. The van der Waals surface area contributed by atoms with E-state index < -0.39 is 5.60 Å². The Morgan fingerprint density at radius 1 is 1.27 bits per heavy atom. The van der Waals surface area contributed by atoms with Gasteiger partial charge in [0.05, 0.1) is 17.3 Å². The maximum absolute atomic E-state index is 12.5. The molecule has 0 radical (unpaired) electrons. The van der Waals surface area contributed by atoms with Gasteiger partial charge in [-0.15, -0.1) is 11.3 Å². The fourth-order valence-corrected chi connectivity index (χ4v) is 4.33. The summed E-state index contributed by atoms with van der Waals surface area (Å²) in [5.74, 6) is -0.0697. The molecule has 1 atom stereocenters. The van der Waals surface area contributed by atoms with E-state index in [1.807, 2.05) is 45.0 Å². The van der Waals surface area contributed by atoms with E-state index >= 15 is 0 Å². The molecule has 0 saturated carbocycles. The van der Waals surface area contributed by atoms with E-state index in [1.54, 1.807) is 11.3 Å². The van der Waals surface area contributed by atoms with Crippen molar-refractivity contribution in [2.24, 2.45) is 0 Å². The number of nitrogens with zero attached hydrogens (tertiary/aromatic N) is 1. The normalized spacial score (nSPS) is 15.4. The Kier molecular flexibility index (Phi) is 5.78. The van der Waals surface area contributed by atoms with Crippen LogP contribution in [-0.2, 0) is 19.3 Å². The minimum Gasteiger partial charge on any atom is -0.390 e. The predicted octanol–water partition coefficient (Wildman–Crippen LogP) is 4.22. The van der Waals surface area contributed by atoms with Gasteiger partial charge in [0.15, 0.2) is 0 Å². The molecule has 0 unspecified atom stereocenters. The largest absolute Gasteiger partial charge is 0.390 e. The molecule has 3 rings (SSSR count). The Bertz CT molecular complexity index is 736. The molecule has 1 aromatic carbocycles. The fourth-order valence-electron chi connectivity index (χ4n) is 3.17. The highest BCUT2D eigenvalue weighted by Crippen LogP contribution is 2.29. The Hall–Kier alpha value is -1.72. The number of rotatable bonds is 6. The first-order valence-corrected chi connectivity index (χ1v) is 10.2. The molecule has 2 aromatic rings. The van der Waals surface area contributed by atoms with Gasteiger partial charge in [-0.2, -0.15) is 0 Å². The van der Waals surface area contributed by atoms with E-state index in [1.165, 1.54) is 23.4 Å². The molecule has 0 fully saturated rings. The second-order valence-electron chi connectivity index (χ2n) is 7.83. The molecule has 1 aliphatic rings. The summed E-state index contributed by atoms with van der Waals surface area (Å²) in [5, 5.41) is 13.9. The molecular weight excluding hydrogens is 344 g/mol. The predicted molar refractivity (Wildman–Crippen MR) is 106 cm³/mol. The maximum atomic E-state index is 12.5. The fraction of sp³-hybridized carbons (Fsp3) is 0.524. The number of nitrogens with one attached hydrogen (secondary N) is 1. The van der Waals surface area contributed by atoms with Gasteiger partial charge in [-0.25, -0.2) is 4.98 Å². The van der Waals surface area contributed by atoms with Crippen LogP contribution in [0.1, 0.15) is 77.6 Å². The van der Waals surface area contributed by atoms with Crippen molar-refractivity contribution in [2.75, 3.05) is 0 Å². The molecule has 5 heteroatoms. The van der Waals surface area contributed by atoms with Crippen molar-refractivity contribution < 1.29 is 9.90 Å². The highest BCUT2D eigenvalue weighted by molar-refractivity contribution is 7.11. The van der Waals surface area contributed by atoms with E-state index in [-0.39, 0.29) is 11.9 Å². The van der Waals surface area contributed by atoms with Gasteiger partial charge in [0.1, 0.15) is 5.01 Å². The third-order valence-corrected chi connectivity index (χ3v) is 6.16. The Morgan fingerprint density at radius 3 is 2.62 bits per heavy atom. The van der Waals surface area contributed by atoms with Crippen molar-refractivity contribution in [3.8, 4) is 0 Å². The molecule has 0 spiro atoms. The average molecular weight is 373 g/mol. The van der Waals surface area contributed by atoms with Gasteiger partial charge >= 0.3 is 0 Å². The number of hydrogen-bond donors (Lipinski definition) is 2. The lowest BCUT2D eigenvalue weighted by Crippen LogP contribution is -2.26. The first-order valence-electron chi connectivity index (χ1n) is 9.42. The van der Waals surface area contributed by atoms with Gasteiger partial charge < -0.3 is 10.4 Å². The second-order valence-corrected chi connectivity index (χ2v) is 8.95. The van der Waals surface area contributed by atoms with Crippen LogP contribution in [0, 0.1) is 0 Å². The van der Waals surface area contributed by atoms with Crippen molar-refractivity contribution in [3.05, 3.63) is 51.0 Å². The summed E-state index contributed by atoms with van der Waals surface area (Å²) in [5.41, 5.74) is 2.35. The van der Waals surface area contributed by atoms with Crippen LogP contribution in [0.4, 0.5) is 0 Å². The molecule has 0 aliphatic heterocycles. The number of aromatic nitrogens is 1. The zero-order valence-electron chi connectivity index (χ0n) is 15.8. The van der Waals surface area contributed by atoms with Crippen LogP contribution in [0.25, 0.3) is 0 Å². The van der Waals surface area contributed by atoms with Gasteiger partial charge in [-0.05, 0) is 77.0 Å². The summed E-state index contributed by atoms with van der Waals surface area (Å²) >= 11 is 1.74. The zero-order chi connectivity index (χ0) is 18.7. The van der Waals surface area contributed by atoms with Crippen LogP contribution in [0.2, 0.25) is 0 Å².